The van der Waals surface area contributed by atoms with Gasteiger partial charge in [-0.1, -0.05) is 13.8 Å². The highest BCUT2D eigenvalue weighted by Crippen LogP contribution is 2.20. The summed E-state index contributed by atoms with van der Waals surface area (Å²) in [4.78, 5) is 2.55. The Morgan fingerprint density at radius 2 is 1.75 bits per heavy atom. The first-order valence-electron chi connectivity index (χ1n) is 6.82. The van der Waals surface area contributed by atoms with Gasteiger partial charge in [0.1, 0.15) is 0 Å². The van der Waals surface area contributed by atoms with E-state index in [9.17, 15) is 0 Å². The molecule has 16 heavy (non-hydrogen) atoms. The van der Waals surface area contributed by atoms with E-state index in [0.29, 0.717) is 12.2 Å². The van der Waals surface area contributed by atoms with Crippen LogP contribution in [-0.4, -0.2) is 50.3 Å². The molecule has 3 heteroatoms. The average Bonchev–Trinajstić information content (AvgIpc) is 2.67. The molecule has 0 aliphatic carbocycles. The Morgan fingerprint density at radius 3 is 2.31 bits per heavy atom. The molecule has 0 aromatic carbocycles. The van der Waals surface area contributed by atoms with Crippen molar-refractivity contribution < 1.29 is 4.74 Å². The number of hydrogen-bond donors (Lipinski definition) is 1. The first-order chi connectivity index (χ1) is 7.80. The molecule has 96 valence electrons. The van der Waals surface area contributed by atoms with Crippen LogP contribution in [0.25, 0.3) is 0 Å². The predicted octanol–water partition coefficient (Wildman–Crippen LogP) is 1.88. The summed E-state index contributed by atoms with van der Waals surface area (Å²) in [5, 5.41) is 3.20. The summed E-state index contributed by atoms with van der Waals surface area (Å²) in [7, 11) is 2.00. The van der Waals surface area contributed by atoms with E-state index in [4.69, 9.17) is 4.74 Å². The molecule has 0 saturated carbocycles. The maximum Gasteiger partial charge on any atom is 0.0707 e. The number of rotatable bonds is 8. The summed E-state index contributed by atoms with van der Waals surface area (Å²) in [5.41, 5.74) is 0. The van der Waals surface area contributed by atoms with E-state index in [2.05, 4.69) is 24.1 Å². The maximum absolute atomic E-state index is 6.02. The van der Waals surface area contributed by atoms with Gasteiger partial charge in [0.05, 0.1) is 12.2 Å². The number of hydrogen-bond acceptors (Lipinski definition) is 3. The van der Waals surface area contributed by atoms with Gasteiger partial charge in [0.25, 0.3) is 0 Å². The van der Waals surface area contributed by atoms with Crippen LogP contribution < -0.4 is 5.32 Å². The topological polar surface area (TPSA) is 24.5 Å². The van der Waals surface area contributed by atoms with Gasteiger partial charge in [-0.25, -0.2) is 0 Å². The molecule has 1 heterocycles. The van der Waals surface area contributed by atoms with Crippen LogP contribution in [-0.2, 0) is 4.74 Å². The van der Waals surface area contributed by atoms with E-state index < -0.39 is 0 Å². The number of nitrogens with one attached hydrogen (secondary N) is 1. The van der Waals surface area contributed by atoms with Gasteiger partial charge in [-0.2, -0.15) is 0 Å². The van der Waals surface area contributed by atoms with Crippen LogP contribution in [0.4, 0.5) is 0 Å². The Bertz CT molecular complexity index is 169. The molecular formula is C13H28N2O. The second kappa shape index (κ2) is 8.04. The zero-order chi connectivity index (χ0) is 11.8. The Morgan fingerprint density at radius 1 is 1.12 bits per heavy atom. The minimum absolute atomic E-state index is 0.445. The minimum Gasteiger partial charge on any atom is -0.372 e. The molecule has 0 spiro atoms. The number of ether oxygens (including phenoxy) is 1. The number of likely N-dealkylation sites (N-methyl/N-ethyl adjacent to an activating group) is 1. The van der Waals surface area contributed by atoms with Crippen LogP contribution in [0.3, 0.4) is 0 Å². The van der Waals surface area contributed by atoms with Crippen LogP contribution in [0.1, 0.15) is 39.5 Å². The molecule has 0 bridgehead atoms. The van der Waals surface area contributed by atoms with Gasteiger partial charge in [-0.15, -0.1) is 0 Å². The summed E-state index contributed by atoms with van der Waals surface area (Å²) in [6.45, 7) is 9.05. The molecule has 1 N–H and O–H groups in total. The highest BCUT2D eigenvalue weighted by Gasteiger charge is 2.25. The lowest BCUT2D eigenvalue weighted by Crippen LogP contribution is -2.34. The SMILES string of the molecule is CCCN(CCC)CC1CCC(CNC)O1. The molecule has 1 saturated heterocycles. The van der Waals surface area contributed by atoms with Crippen LogP contribution in [0.2, 0.25) is 0 Å². The highest BCUT2D eigenvalue weighted by molar-refractivity contribution is 4.77. The van der Waals surface area contributed by atoms with Crippen LogP contribution >= 0.6 is 0 Å². The number of nitrogens with zero attached hydrogens (tertiary/aromatic N) is 1. The fourth-order valence-electron chi connectivity index (χ4n) is 2.51. The summed E-state index contributed by atoms with van der Waals surface area (Å²) >= 11 is 0. The van der Waals surface area contributed by atoms with E-state index >= 15 is 0 Å². The third kappa shape index (κ3) is 4.81. The normalized spacial score (nSPS) is 25.5. The van der Waals surface area contributed by atoms with Crippen molar-refractivity contribution in [2.75, 3.05) is 33.2 Å². The first-order valence-corrected chi connectivity index (χ1v) is 6.82. The zero-order valence-electron chi connectivity index (χ0n) is 11.2. The third-order valence-corrected chi connectivity index (χ3v) is 3.17. The molecular weight excluding hydrogens is 200 g/mol. The van der Waals surface area contributed by atoms with Gasteiger partial charge in [-0.3, -0.25) is 0 Å². The van der Waals surface area contributed by atoms with Crippen molar-refractivity contribution in [2.45, 2.75) is 51.7 Å². The van der Waals surface area contributed by atoms with Crippen molar-refractivity contribution in [1.82, 2.24) is 10.2 Å². The molecule has 2 unspecified atom stereocenters. The molecule has 1 aliphatic heterocycles. The molecule has 2 atom stereocenters. The largest absolute Gasteiger partial charge is 0.372 e. The van der Waals surface area contributed by atoms with Crippen LogP contribution in [0.15, 0.2) is 0 Å². The average molecular weight is 228 g/mol. The van der Waals surface area contributed by atoms with Crippen LogP contribution in [0.5, 0.6) is 0 Å². The predicted molar refractivity (Wildman–Crippen MR) is 68.8 cm³/mol. The van der Waals surface area contributed by atoms with E-state index in [-0.39, 0.29) is 0 Å². The van der Waals surface area contributed by atoms with Crippen molar-refractivity contribution in [3.8, 4) is 0 Å². The third-order valence-electron chi connectivity index (χ3n) is 3.17. The van der Waals surface area contributed by atoms with Crippen molar-refractivity contribution >= 4 is 0 Å². The summed E-state index contributed by atoms with van der Waals surface area (Å²) in [6, 6.07) is 0. The standard InChI is InChI=1S/C13H28N2O/c1-4-8-15(9-5-2)11-13-7-6-12(16-13)10-14-3/h12-14H,4-11H2,1-3H3. The highest BCUT2D eigenvalue weighted by atomic mass is 16.5. The monoisotopic (exact) mass is 228 g/mol. The second-order valence-electron chi connectivity index (χ2n) is 4.82. The van der Waals surface area contributed by atoms with Crippen LogP contribution in [0, 0.1) is 0 Å². The summed E-state index contributed by atoms with van der Waals surface area (Å²) in [5.74, 6) is 0. The molecule has 3 nitrogen and oxygen atoms in total. The van der Waals surface area contributed by atoms with E-state index in [1.54, 1.807) is 0 Å². The van der Waals surface area contributed by atoms with E-state index in [1.807, 2.05) is 7.05 Å². The quantitative estimate of drug-likeness (QED) is 0.686. The van der Waals surface area contributed by atoms with E-state index in [0.717, 1.165) is 13.1 Å². The van der Waals surface area contributed by atoms with Crippen molar-refractivity contribution in [2.24, 2.45) is 0 Å². The molecule has 1 aliphatic rings. The van der Waals surface area contributed by atoms with Crippen molar-refractivity contribution in [3.05, 3.63) is 0 Å². The molecule has 1 fully saturated rings. The Hall–Kier alpha value is -0.120. The van der Waals surface area contributed by atoms with Gasteiger partial charge < -0.3 is 15.0 Å². The zero-order valence-corrected chi connectivity index (χ0v) is 11.2. The van der Waals surface area contributed by atoms with Gasteiger partial charge in [0, 0.05) is 13.1 Å². The van der Waals surface area contributed by atoms with E-state index in [1.165, 1.54) is 38.8 Å². The molecule has 0 aromatic heterocycles. The van der Waals surface area contributed by atoms with Gasteiger partial charge in [0.2, 0.25) is 0 Å². The molecule has 0 radical (unpaired) electrons. The smallest absolute Gasteiger partial charge is 0.0707 e. The van der Waals surface area contributed by atoms with Crippen molar-refractivity contribution in [3.63, 3.8) is 0 Å². The van der Waals surface area contributed by atoms with Crippen molar-refractivity contribution in [1.29, 1.82) is 0 Å². The van der Waals surface area contributed by atoms with Gasteiger partial charge >= 0.3 is 0 Å². The summed E-state index contributed by atoms with van der Waals surface area (Å²) in [6.07, 6.45) is 5.85. The maximum atomic E-state index is 6.02. The fourth-order valence-corrected chi connectivity index (χ4v) is 2.51. The second-order valence-corrected chi connectivity index (χ2v) is 4.82. The van der Waals surface area contributed by atoms with Gasteiger partial charge in [0.15, 0.2) is 0 Å². The molecule has 0 aromatic rings. The Labute approximate surface area is 101 Å². The fraction of sp³-hybridized carbons (Fsp3) is 1.00. The lowest BCUT2D eigenvalue weighted by Gasteiger charge is -2.24. The molecule has 1 rings (SSSR count). The first kappa shape index (κ1) is 13.9. The van der Waals surface area contributed by atoms with Gasteiger partial charge in [-0.05, 0) is 45.8 Å². The lowest BCUT2D eigenvalue weighted by atomic mass is 10.2. The molecule has 0 amide bonds. The Balaban J connectivity index is 2.24. The Kier molecular flexibility index (Phi) is 7.01. The lowest BCUT2D eigenvalue weighted by molar-refractivity contribution is 0.0241. The minimum atomic E-state index is 0.445. The summed E-state index contributed by atoms with van der Waals surface area (Å²) < 4.78 is 6.02.